The van der Waals surface area contributed by atoms with Crippen molar-refractivity contribution < 1.29 is 18.3 Å². The highest BCUT2D eigenvalue weighted by Gasteiger charge is 2.20. The lowest BCUT2D eigenvalue weighted by atomic mass is 9.86. The van der Waals surface area contributed by atoms with E-state index in [2.05, 4.69) is 16.8 Å². The van der Waals surface area contributed by atoms with Crippen LogP contribution in [0.2, 0.25) is 0 Å². The molecule has 0 saturated carbocycles. The van der Waals surface area contributed by atoms with E-state index in [1.165, 1.54) is 0 Å². The van der Waals surface area contributed by atoms with Crippen molar-refractivity contribution >= 4 is 39.1 Å². The molecule has 0 spiro atoms. The fraction of sp³-hybridized carbons (Fsp3) is 0.111. The molecule has 2 N–H and O–H groups in total. The Hall–Kier alpha value is -3.81. The Morgan fingerprint density at radius 3 is 2.59 bits per heavy atom. The minimum absolute atomic E-state index is 0.0147. The number of esters is 1. The normalized spacial score (nSPS) is 12.8. The van der Waals surface area contributed by atoms with E-state index in [0.29, 0.717) is 12.2 Å². The van der Waals surface area contributed by atoms with Crippen molar-refractivity contribution in [3.05, 3.63) is 108 Å². The minimum Gasteiger partial charge on any atom is -0.423 e. The minimum atomic E-state index is -1.99. The maximum atomic E-state index is 12.1. The summed E-state index contributed by atoms with van der Waals surface area (Å²) in [4.78, 5) is 12.1. The number of carbonyl (C=O) groups excluding carboxylic acids is 1. The molecule has 0 aliphatic rings. The Labute approximate surface area is 200 Å². The number of benzene rings is 3. The van der Waals surface area contributed by atoms with E-state index in [-0.39, 0.29) is 5.75 Å². The molecule has 4 aromatic rings. The third-order valence-electron chi connectivity index (χ3n) is 5.54. The molecule has 7 heteroatoms. The van der Waals surface area contributed by atoms with Crippen LogP contribution in [0.3, 0.4) is 0 Å². The lowest BCUT2D eigenvalue weighted by Gasteiger charge is -2.20. The zero-order chi connectivity index (χ0) is 24.1. The second-order valence-electron chi connectivity index (χ2n) is 7.62. The molecule has 0 aliphatic heterocycles. The van der Waals surface area contributed by atoms with Crippen molar-refractivity contribution in [3.8, 4) is 5.75 Å². The summed E-state index contributed by atoms with van der Waals surface area (Å²) in [6.45, 7) is 5.54. The molecule has 172 valence electrons. The Balaban J connectivity index is 2.04. The van der Waals surface area contributed by atoms with E-state index in [4.69, 9.17) is 4.74 Å². The number of allylic oxidation sites excluding steroid dienone is 1. The topological polar surface area (TPSA) is 92.3 Å². The molecular formula is C27H24N2O4S. The number of ether oxygens (including phenoxy) is 1. The summed E-state index contributed by atoms with van der Waals surface area (Å²) in [5.74, 6) is -0.129. The van der Waals surface area contributed by atoms with Gasteiger partial charge in [-0.25, -0.2) is 9.00 Å². The standard InChI is InChI=1S/C27H24N2O4S/c1-3-21(22-10-6-5-9-19(22)17-34(31)32)27(18-13-14-24-20(15-18)16-28-29-24)23-11-7-8-12-25(23)33-26(30)4-2/h4-16H,2-3,17H2,1H3,(H,28,29)(H,31,32)/b27-21+. The summed E-state index contributed by atoms with van der Waals surface area (Å²) in [7, 11) is 0. The van der Waals surface area contributed by atoms with Crippen molar-refractivity contribution in [3.63, 3.8) is 0 Å². The second-order valence-corrected chi connectivity index (χ2v) is 8.56. The van der Waals surface area contributed by atoms with E-state index < -0.39 is 17.0 Å². The first-order valence-corrected chi connectivity index (χ1v) is 12.1. The van der Waals surface area contributed by atoms with Gasteiger partial charge in [-0.05, 0) is 52.5 Å². The summed E-state index contributed by atoms with van der Waals surface area (Å²) in [6.07, 6.45) is 3.52. The smallest absolute Gasteiger partial charge is 0.335 e. The lowest BCUT2D eigenvalue weighted by Crippen LogP contribution is -2.07. The monoisotopic (exact) mass is 472 g/mol. The molecule has 0 fully saturated rings. The van der Waals surface area contributed by atoms with Gasteiger partial charge in [0.1, 0.15) is 5.75 Å². The molecule has 4 rings (SSSR count). The molecule has 34 heavy (non-hydrogen) atoms. The van der Waals surface area contributed by atoms with Crippen LogP contribution in [0.4, 0.5) is 0 Å². The average molecular weight is 473 g/mol. The molecule has 1 aromatic heterocycles. The fourth-order valence-corrected chi connectivity index (χ4v) is 4.60. The quantitative estimate of drug-likeness (QED) is 0.112. The zero-order valence-corrected chi connectivity index (χ0v) is 19.5. The Morgan fingerprint density at radius 1 is 1.12 bits per heavy atom. The van der Waals surface area contributed by atoms with Gasteiger partial charge < -0.3 is 9.29 Å². The first kappa shape index (κ1) is 23.4. The highest BCUT2D eigenvalue weighted by molar-refractivity contribution is 7.78. The van der Waals surface area contributed by atoms with Gasteiger partial charge in [0, 0.05) is 17.0 Å². The maximum absolute atomic E-state index is 12.1. The molecule has 6 nitrogen and oxygen atoms in total. The van der Waals surface area contributed by atoms with E-state index in [9.17, 15) is 13.6 Å². The third kappa shape index (κ3) is 4.90. The van der Waals surface area contributed by atoms with Crippen molar-refractivity contribution in [2.75, 3.05) is 0 Å². The van der Waals surface area contributed by atoms with E-state index in [1.807, 2.05) is 61.5 Å². The first-order valence-electron chi connectivity index (χ1n) is 10.8. The first-order chi connectivity index (χ1) is 16.5. The number of nitrogens with one attached hydrogen (secondary N) is 1. The van der Waals surface area contributed by atoms with Gasteiger partial charge >= 0.3 is 5.97 Å². The van der Waals surface area contributed by atoms with Crippen LogP contribution in [0.15, 0.2) is 85.6 Å². The molecule has 0 bridgehead atoms. The predicted octanol–water partition coefficient (Wildman–Crippen LogP) is 5.75. The largest absolute Gasteiger partial charge is 0.423 e. The van der Waals surface area contributed by atoms with Crippen molar-refractivity contribution in [1.29, 1.82) is 0 Å². The van der Waals surface area contributed by atoms with Crippen LogP contribution in [-0.4, -0.2) is 24.9 Å². The van der Waals surface area contributed by atoms with E-state index in [1.54, 1.807) is 18.3 Å². The molecule has 0 radical (unpaired) electrons. The van der Waals surface area contributed by atoms with Crippen LogP contribution in [0.1, 0.15) is 35.6 Å². The van der Waals surface area contributed by atoms with Gasteiger partial charge in [-0.1, -0.05) is 62.0 Å². The van der Waals surface area contributed by atoms with Crippen LogP contribution in [0.5, 0.6) is 5.75 Å². The number of para-hydroxylation sites is 1. The summed E-state index contributed by atoms with van der Waals surface area (Å²) in [5.41, 5.74) is 6.02. The van der Waals surface area contributed by atoms with Crippen LogP contribution in [-0.2, 0) is 21.6 Å². The average Bonchev–Trinajstić information content (AvgIpc) is 3.31. The van der Waals surface area contributed by atoms with Crippen LogP contribution < -0.4 is 4.74 Å². The fourth-order valence-electron chi connectivity index (χ4n) is 4.08. The number of nitrogens with zero attached hydrogens (tertiary/aromatic N) is 1. The number of aromatic amines is 1. The highest BCUT2D eigenvalue weighted by Crippen LogP contribution is 2.40. The number of hydrogen-bond donors (Lipinski definition) is 2. The van der Waals surface area contributed by atoms with Crippen LogP contribution >= 0.6 is 0 Å². The van der Waals surface area contributed by atoms with Gasteiger partial charge in [-0.15, -0.1) is 0 Å². The molecule has 1 heterocycles. The SMILES string of the molecule is C=CC(=O)Oc1ccccc1/C(=C(\CC)c1ccccc1CS(=O)O)c1ccc2[nH]ncc2c1. The molecule has 0 amide bonds. The number of H-pyrrole nitrogens is 1. The van der Waals surface area contributed by atoms with Gasteiger partial charge in [0.25, 0.3) is 0 Å². The van der Waals surface area contributed by atoms with Crippen molar-refractivity contribution in [2.45, 2.75) is 19.1 Å². The number of hydrogen-bond acceptors (Lipinski definition) is 4. The van der Waals surface area contributed by atoms with Crippen LogP contribution in [0.25, 0.3) is 22.0 Å². The Morgan fingerprint density at radius 2 is 1.85 bits per heavy atom. The number of carbonyl (C=O) groups is 1. The molecule has 3 aromatic carbocycles. The summed E-state index contributed by atoms with van der Waals surface area (Å²) >= 11 is -1.99. The zero-order valence-electron chi connectivity index (χ0n) is 18.7. The number of aromatic nitrogens is 2. The van der Waals surface area contributed by atoms with E-state index in [0.717, 1.165) is 50.4 Å². The molecule has 0 saturated heterocycles. The van der Waals surface area contributed by atoms with Crippen molar-refractivity contribution in [1.82, 2.24) is 10.2 Å². The van der Waals surface area contributed by atoms with E-state index >= 15 is 0 Å². The Kier molecular flexibility index (Phi) is 7.15. The van der Waals surface area contributed by atoms with Gasteiger partial charge in [-0.3, -0.25) is 5.10 Å². The van der Waals surface area contributed by atoms with Crippen molar-refractivity contribution in [2.24, 2.45) is 0 Å². The lowest BCUT2D eigenvalue weighted by molar-refractivity contribution is -0.128. The summed E-state index contributed by atoms with van der Waals surface area (Å²) in [5, 5.41) is 8.04. The number of fused-ring (bicyclic) bond motifs is 1. The highest BCUT2D eigenvalue weighted by atomic mass is 32.2. The second kappa shape index (κ2) is 10.4. The molecular weight excluding hydrogens is 448 g/mol. The number of rotatable bonds is 8. The molecule has 1 atom stereocenters. The van der Waals surface area contributed by atoms with Crippen LogP contribution in [0, 0.1) is 0 Å². The predicted molar refractivity (Wildman–Crippen MR) is 135 cm³/mol. The van der Waals surface area contributed by atoms with Gasteiger partial charge in [0.05, 0.1) is 17.5 Å². The van der Waals surface area contributed by atoms with Gasteiger partial charge in [-0.2, -0.15) is 5.10 Å². The summed E-state index contributed by atoms with van der Waals surface area (Å²) in [6, 6.07) is 20.9. The maximum Gasteiger partial charge on any atom is 0.335 e. The van der Waals surface area contributed by atoms with Gasteiger partial charge in [0.15, 0.2) is 11.1 Å². The third-order valence-corrected chi connectivity index (χ3v) is 6.10. The molecule has 0 aliphatic carbocycles. The Bertz CT molecular complexity index is 1420. The van der Waals surface area contributed by atoms with Gasteiger partial charge in [0.2, 0.25) is 0 Å². The summed E-state index contributed by atoms with van der Waals surface area (Å²) < 4.78 is 26.9. The molecule has 1 unspecified atom stereocenters.